The van der Waals surface area contributed by atoms with Crippen LogP contribution in [0, 0.1) is 12.7 Å². The second kappa shape index (κ2) is 6.43. The molecule has 0 saturated heterocycles. The Morgan fingerprint density at radius 3 is 2.58 bits per heavy atom. The van der Waals surface area contributed by atoms with Crippen molar-refractivity contribution in [1.29, 1.82) is 0 Å². The van der Waals surface area contributed by atoms with Crippen molar-refractivity contribution < 1.29 is 4.39 Å². The summed E-state index contributed by atoms with van der Waals surface area (Å²) in [5.41, 5.74) is 3.56. The van der Waals surface area contributed by atoms with E-state index in [-0.39, 0.29) is 11.9 Å². The maximum atomic E-state index is 12.9. The van der Waals surface area contributed by atoms with Crippen LogP contribution in [0.5, 0.6) is 0 Å². The molecule has 0 aliphatic carbocycles. The van der Waals surface area contributed by atoms with E-state index in [0.717, 1.165) is 18.5 Å². The van der Waals surface area contributed by atoms with E-state index in [1.165, 1.54) is 23.3 Å². The van der Waals surface area contributed by atoms with Gasteiger partial charge in [0.25, 0.3) is 0 Å². The van der Waals surface area contributed by atoms with E-state index in [0.29, 0.717) is 0 Å². The molecule has 1 aromatic carbocycles. The van der Waals surface area contributed by atoms with Crippen LogP contribution in [-0.2, 0) is 6.42 Å². The molecule has 1 aromatic heterocycles. The highest BCUT2D eigenvalue weighted by molar-refractivity contribution is 5.28. The number of rotatable bonds is 5. The molecule has 0 aliphatic heterocycles. The molecule has 0 spiro atoms. The van der Waals surface area contributed by atoms with Crippen molar-refractivity contribution in [2.45, 2.75) is 26.3 Å². The summed E-state index contributed by atoms with van der Waals surface area (Å²) in [6.45, 7) is 5.05. The third-order valence-corrected chi connectivity index (χ3v) is 3.24. The Hall–Kier alpha value is -1.74. The fraction of sp³-hybridized carbons (Fsp3) is 0.312. The Morgan fingerprint density at radius 1 is 1.21 bits per heavy atom. The van der Waals surface area contributed by atoms with E-state index < -0.39 is 0 Å². The number of hydrogen-bond donors (Lipinski definition) is 1. The molecule has 0 radical (unpaired) electrons. The first-order chi connectivity index (χ1) is 9.20. The van der Waals surface area contributed by atoms with Gasteiger partial charge in [0.2, 0.25) is 0 Å². The lowest BCUT2D eigenvalue weighted by atomic mass is 9.96. The normalized spacial score (nSPS) is 12.4. The fourth-order valence-electron chi connectivity index (χ4n) is 2.27. The molecule has 0 saturated carbocycles. The van der Waals surface area contributed by atoms with Crippen LogP contribution in [0.4, 0.5) is 4.39 Å². The van der Waals surface area contributed by atoms with Gasteiger partial charge in [-0.15, -0.1) is 0 Å². The molecule has 0 amide bonds. The number of aryl methyl sites for hydroxylation is 1. The topological polar surface area (TPSA) is 24.9 Å². The van der Waals surface area contributed by atoms with Crippen LogP contribution >= 0.6 is 0 Å². The first-order valence-electron chi connectivity index (χ1n) is 6.59. The molecule has 0 bridgehead atoms. The second-order valence-corrected chi connectivity index (χ2v) is 4.67. The Morgan fingerprint density at radius 2 is 1.95 bits per heavy atom. The molecule has 1 atom stereocenters. The summed E-state index contributed by atoms with van der Waals surface area (Å²) in [5.74, 6) is -0.191. The van der Waals surface area contributed by atoms with Gasteiger partial charge in [0.05, 0.1) is 0 Å². The second-order valence-electron chi connectivity index (χ2n) is 4.67. The number of aromatic nitrogens is 1. The van der Waals surface area contributed by atoms with Gasteiger partial charge in [0.15, 0.2) is 0 Å². The number of nitrogens with zero attached hydrogens (tertiary/aromatic N) is 1. The van der Waals surface area contributed by atoms with Crippen LogP contribution in [0.3, 0.4) is 0 Å². The minimum atomic E-state index is -0.191. The van der Waals surface area contributed by atoms with Gasteiger partial charge in [0, 0.05) is 18.4 Å². The lowest BCUT2D eigenvalue weighted by Gasteiger charge is -2.20. The number of halogens is 1. The zero-order valence-corrected chi connectivity index (χ0v) is 11.4. The van der Waals surface area contributed by atoms with Crippen LogP contribution in [0.2, 0.25) is 0 Å². The molecular weight excluding hydrogens is 239 g/mol. The van der Waals surface area contributed by atoms with Crippen molar-refractivity contribution >= 4 is 0 Å². The molecule has 0 aliphatic rings. The molecule has 100 valence electrons. The molecule has 0 fully saturated rings. The molecule has 1 N–H and O–H groups in total. The van der Waals surface area contributed by atoms with Gasteiger partial charge in [0.1, 0.15) is 5.82 Å². The van der Waals surface area contributed by atoms with E-state index in [9.17, 15) is 4.39 Å². The molecule has 1 unspecified atom stereocenters. The van der Waals surface area contributed by atoms with Crippen molar-refractivity contribution in [2.24, 2.45) is 0 Å². The lowest BCUT2D eigenvalue weighted by Crippen LogP contribution is -2.23. The Kier molecular flexibility index (Phi) is 4.63. The van der Waals surface area contributed by atoms with E-state index in [1.807, 2.05) is 30.6 Å². The molecule has 2 aromatic rings. The summed E-state index contributed by atoms with van der Waals surface area (Å²) in [4.78, 5) is 4.13. The zero-order chi connectivity index (χ0) is 13.7. The van der Waals surface area contributed by atoms with Gasteiger partial charge in [-0.05, 0) is 54.8 Å². The van der Waals surface area contributed by atoms with Crippen molar-refractivity contribution in [3.8, 4) is 0 Å². The van der Waals surface area contributed by atoms with Crippen molar-refractivity contribution in [2.75, 3.05) is 6.54 Å². The van der Waals surface area contributed by atoms with Gasteiger partial charge in [-0.2, -0.15) is 0 Å². The Bertz CT molecular complexity index is 523. The first-order valence-corrected chi connectivity index (χ1v) is 6.59. The highest BCUT2D eigenvalue weighted by atomic mass is 19.1. The van der Waals surface area contributed by atoms with Gasteiger partial charge < -0.3 is 5.32 Å². The minimum absolute atomic E-state index is 0.191. The number of benzene rings is 1. The summed E-state index contributed by atoms with van der Waals surface area (Å²) in [6.07, 6.45) is 4.54. The highest BCUT2D eigenvalue weighted by Crippen LogP contribution is 2.21. The van der Waals surface area contributed by atoms with Gasteiger partial charge in [-0.1, -0.05) is 19.1 Å². The average molecular weight is 258 g/mol. The SMILES string of the molecule is CCNC(Cc1ccc(F)cc1)c1ccncc1C. The van der Waals surface area contributed by atoms with Crippen molar-refractivity contribution in [1.82, 2.24) is 10.3 Å². The number of nitrogens with one attached hydrogen (secondary N) is 1. The van der Waals surface area contributed by atoms with Crippen LogP contribution < -0.4 is 5.32 Å². The van der Waals surface area contributed by atoms with Crippen molar-refractivity contribution in [3.63, 3.8) is 0 Å². The molecule has 3 heteroatoms. The monoisotopic (exact) mass is 258 g/mol. The van der Waals surface area contributed by atoms with E-state index in [4.69, 9.17) is 0 Å². The van der Waals surface area contributed by atoms with Crippen molar-refractivity contribution in [3.05, 3.63) is 65.2 Å². The Balaban J connectivity index is 2.21. The van der Waals surface area contributed by atoms with E-state index in [1.54, 1.807) is 0 Å². The number of hydrogen-bond acceptors (Lipinski definition) is 2. The van der Waals surface area contributed by atoms with Crippen LogP contribution in [0.15, 0.2) is 42.7 Å². The molecule has 2 rings (SSSR count). The van der Waals surface area contributed by atoms with Gasteiger partial charge in [-0.25, -0.2) is 4.39 Å². The third kappa shape index (κ3) is 3.61. The maximum Gasteiger partial charge on any atom is 0.123 e. The largest absolute Gasteiger partial charge is 0.310 e. The standard InChI is InChI=1S/C16H19FN2/c1-3-19-16(15-8-9-18-11-12(15)2)10-13-4-6-14(17)7-5-13/h4-9,11,16,19H,3,10H2,1-2H3. The number of likely N-dealkylation sites (N-methyl/N-ethyl adjacent to an activating group) is 1. The maximum absolute atomic E-state index is 12.9. The fourth-order valence-corrected chi connectivity index (χ4v) is 2.27. The summed E-state index contributed by atoms with van der Waals surface area (Å²) >= 11 is 0. The molecule has 1 heterocycles. The van der Waals surface area contributed by atoms with Crippen LogP contribution in [-0.4, -0.2) is 11.5 Å². The third-order valence-electron chi connectivity index (χ3n) is 3.24. The first kappa shape index (κ1) is 13.7. The van der Waals surface area contributed by atoms with Crippen LogP contribution in [0.25, 0.3) is 0 Å². The summed E-state index contributed by atoms with van der Waals surface area (Å²) < 4.78 is 12.9. The van der Waals surface area contributed by atoms with Gasteiger partial charge in [-0.3, -0.25) is 4.98 Å². The van der Waals surface area contributed by atoms with Gasteiger partial charge >= 0.3 is 0 Å². The minimum Gasteiger partial charge on any atom is -0.310 e. The summed E-state index contributed by atoms with van der Waals surface area (Å²) in [6, 6.07) is 8.99. The number of pyridine rings is 1. The lowest BCUT2D eigenvalue weighted by molar-refractivity contribution is 0.545. The van der Waals surface area contributed by atoms with Crippen LogP contribution in [0.1, 0.15) is 29.7 Å². The quantitative estimate of drug-likeness (QED) is 0.888. The summed E-state index contributed by atoms with van der Waals surface area (Å²) in [7, 11) is 0. The smallest absolute Gasteiger partial charge is 0.123 e. The molecule has 19 heavy (non-hydrogen) atoms. The summed E-state index contributed by atoms with van der Waals surface area (Å²) in [5, 5.41) is 3.48. The van der Waals surface area contributed by atoms with E-state index >= 15 is 0 Å². The molecular formula is C16H19FN2. The molecule has 2 nitrogen and oxygen atoms in total. The predicted molar refractivity (Wildman–Crippen MR) is 75.5 cm³/mol. The zero-order valence-electron chi connectivity index (χ0n) is 11.4. The Labute approximate surface area is 113 Å². The average Bonchev–Trinajstić information content (AvgIpc) is 2.41. The highest BCUT2D eigenvalue weighted by Gasteiger charge is 2.13. The predicted octanol–water partition coefficient (Wildman–Crippen LogP) is 3.42. The van der Waals surface area contributed by atoms with E-state index in [2.05, 4.69) is 24.1 Å².